The lowest BCUT2D eigenvalue weighted by Crippen LogP contribution is -2.22. The fraction of sp³-hybridized carbons (Fsp3) is 0.400. The van der Waals surface area contributed by atoms with Gasteiger partial charge in [-0.05, 0) is 60.3 Å². The Bertz CT molecular complexity index is 596. The molecule has 0 bridgehead atoms. The van der Waals surface area contributed by atoms with E-state index in [1.807, 2.05) is 6.07 Å². The minimum absolute atomic E-state index is 0.0961. The van der Waals surface area contributed by atoms with Crippen molar-refractivity contribution in [3.05, 3.63) is 34.3 Å². The zero-order chi connectivity index (χ0) is 14.0. The maximum absolute atomic E-state index is 5.82. The molecule has 0 amide bonds. The van der Waals surface area contributed by atoms with Crippen molar-refractivity contribution in [2.75, 3.05) is 12.8 Å². The minimum Gasteiger partial charge on any atom is -0.383 e. The van der Waals surface area contributed by atoms with Crippen molar-refractivity contribution in [1.82, 2.24) is 4.98 Å². The molecule has 0 spiro atoms. The van der Waals surface area contributed by atoms with E-state index in [2.05, 4.69) is 53.0 Å². The zero-order valence-electron chi connectivity index (χ0n) is 11.5. The second kappa shape index (κ2) is 5.47. The Morgan fingerprint density at radius 3 is 2.74 bits per heavy atom. The molecular formula is C15H19BrN2O. The Hall–Kier alpha value is -1.13. The van der Waals surface area contributed by atoms with Crippen LogP contribution in [0, 0.1) is 0 Å². The predicted octanol–water partition coefficient (Wildman–Crippen LogP) is 3.94. The lowest BCUT2D eigenvalue weighted by Gasteiger charge is -2.22. The highest BCUT2D eigenvalue weighted by atomic mass is 79.9. The van der Waals surface area contributed by atoms with Crippen molar-refractivity contribution in [3.8, 4) is 0 Å². The first kappa shape index (κ1) is 14.3. The van der Waals surface area contributed by atoms with Gasteiger partial charge < -0.3 is 10.5 Å². The molecule has 1 heterocycles. The molecule has 1 aromatic carbocycles. The number of aryl methyl sites for hydroxylation is 1. The molecule has 3 nitrogen and oxygen atoms in total. The fourth-order valence-electron chi connectivity index (χ4n) is 1.90. The van der Waals surface area contributed by atoms with E-state index in [1.54, 1.807) is 7.11 Å². The quantitative estimate of drug-likeness (QED) is 0.927. The number of hydrogen-bond donors (Lipinski definition) is 1. The van der Waals surface area contributed by atoms with Crippen molar-refractivity contribution in [1.29, 1.82) is 0 Å². The maximum Gasteiger partial charge on any atom is 0.138 e. The van der Waals surface area contributed by atoms with Gasteiger partial charge in [-0.1, -0.05) is 12.1 Å². The molecule has 1 aromatic heterocycles. The Morgan fingerprint density at radius 2 is 2.05 bits per heavy atom. The smallest absolute Gasteiger partial charge is 0.138 e. The number of fused-ring (bicyclic) bond motifs is 1. The number of anilines is 1. The summed E-state index contributed by atoms with van der Waals surface area (Å²) >= 11 is 3.40. The van der Waals surface area contributed by atoms with Crippen molar-refractivity contribution in [3.63, 3.8) is 0 Å². The monoisotopic (exact) mass is 322 g/mol. The summed E-state index contributed by atoms with van der Waals surface area (Å²) in [6, 6.07) is 8.32. The summed E-state index contributed by atoms with van der Waals surface area (Å²) in [5.41, 5.74) is 7.92. The van der Waals surface area contributed by atoms with Gasteiger partial charge in [-0.15, -0.1) is 0 Å². The molecule has 0 atom stereocenters. The Balaban J connectivity index is 2.24. The van der Waals surface area contributed by atoms with E-state index in [1.165, 1.54) is 5.56 Å². The van der Waals surface area contributed by atoms with Gasteiger partial charge in [0.2, 0.25) is 0 Å². The first-order chi connectivity index (χ1) is 8.91. The van der Waals surface area contributed by atoms with Gasteiger partial charge in [0.15, 0.2) is 0 Å². The number of rotatable bonds is 4. The molecule has 0 aliphatic heterocycles. The lowest BCUT2D eigenvalue weighted by atomic mass is 9.98. The van der Waals surface area contributed by atoms with E-state index in [4.69, 9.17) is 10.5 Å². The number of nitrogens with two attached hydrogens (primary N) is 1. The van der Waals surface area contributed by atoms with E-state index in [0.29, 0.717) is 5.82 Å². The van der Waals surface area contributed by atoms with Crippen LogP contribution in [0.25, 0.3) is 10.9 Å². The summed E-state index contributed by atoms with van der Waals surface area (Å²) in [7, 11) is 1.75. The number of pyridine rings is 1. The number of halogens is 1. The molecule has 102 valence electrons. The normalized spacial score (nSPS) is 12.0. The number of nitrogen functional groups attached to an aromatic ring is 1. The SMILES string of the molecule is COC(C)(C)CCc1ccc2cc(Br)c(N)nc2c1. The van der Waals surface area contributed by atoms with E-state index in [-0.39, 0.29) is 5.60 Å². The first-order valence-electron chi connectivity index (χ1n) is 6.31. The Labute approximate surface area is 122 Å². The van der Waals surface area contributed by atoms with Gasteiger partial charge in [0.1, 0.15) is 5.82 Å². The highest BCUT2D eigenvalue weighted by molar-refractivity contribution is 9.10. The van der Waals surface area contributed by atoms with Crippen LogP contribution in [-0.2, 0) is 11.2 Å². The highest BCUT2D eigenvalue weighted by Crippen LogP contribution is 2.25. The molecule has 0 radical (unpaired) electrons. The van der Waals surface area contributed by atoms with Gasteiger partial charge in [-0.25, -0.2) is 4.98 Å². The van der Waals surface area contributed by atoms with Crippen molar-refractivity contribution in [2.24, 2.45) is 0 Å². The van der Waals surface area contributed by atoms with Crippen LogP contribution in [0.5, 0.6) is 0 Å². The molecule has 0 saturated carbocycles. The van der Waals surface area contributed by atoms with Crippen LogP contribution in [0.15, 0.2) is 28.7 Å². The summed E-state index contributed by atoms with van der Waals surface area (Å²) < 4.78 is 6.28. The van der Waals surface area contributed by atoms with Gasteiger partial charge >= 0.3 is 0 Å². The van der Waals surface area contributed by atoms with Crippen LogP contribution >= 0.6 is 15.9 Å². The Kier molecular flexibility index (Phi) is 4.11. The first-order valence-corrected chi connectivity index (χ1v) is 7.10. The van der Waals surface area contributed by atoms with Crippen LogP contribution in [0.2, 0.25) is 0 Å². The van der Waals surface area contributed by atoms with Crippen LogP contribution in [-0.4, -0.2) is 17.7 Å². The second-order valence-corrected chi connectivity index (χ2v) is 6.20. The summed E-state index contributed by atoms with van der Waals surface area (Å²) in [5, 5.41) is 1.09. The predicted molar refractivity (Wildman–Crippen MR) is 83.3 cm³/mol. The standard InChI is InChI=1S/C15H19BrN2O/c1-15(2,19-3)7-6-10-4-5-11-9-12(16)14(17)18-13(11)8-10/h4-5,8-9H,6-7H2,1-3H3,(H2,17,18). The number of benzene rings is 1. The molecule has 0 saturated heterocycles. The summed E-state index contributed by atoms with van der Waals surface area (Å²) in [6.45, 7) is 4.20. The minimum atomic E-state index is -0.0961. The topological polar surface area (TPSA) is 48.1 Å². The van der Waals surface area contributed by atoms with Gasteiger partial charge in [0, 0.05) is 12.5 Å². The third-order valence-electron chi connectivity index (χ3n) is 3.43. The molecular weight excluding hydrogens is 304 g/mol. The summed E-state index contributed by atoms with van der Waals surface area (Å²) in [5.74, 6) is 0.530. The van der Waals surface area contributed by atoms with Gasteiger partial charge in [0.25, 0.3) is 0 Å². The van der Waals surface area contributed by atoms with E-state index in [0.717, 1.165) is 28.2 Å². The number of methoxy groups -OCH3 is 1. The van der Waals surface area contributed by atoms with Crippen LogP contribution < -0.4 is 5.73 Å². The number of ether oxygens (including phenoxy) is 1. The van der Waals surface area contributed by atoms with Gasteiger partial charge in [0.05, 0.1) is 15.6 Å². The molecule has 4 heteroatoms. The van der Waals surface area contributed by atoms with E-state index >= 15 is 0 Å². The van der Waals surface area contributed by atoms with Gasteiger partial charge in [-0.2, -0.15) is 0 Å². The zero-order valence-corrected chi connectivity index (χ0v) is 13.1. The maximum atomic E-state index is 5.82. The number of aromatic nitrogens is 1. The molecule has 0 aliphatic carbocycles. The average Bonchev–Trinajstić information content (AvgIpc) is 2.38. The summed E-state index contributed by atoms with van der Waals surface area (Å²) in [6.07, 6.45) is 1.94. The van der Waals surface area contributed by atoms with Crippen molar-refractivity contribution >= 4 is 32.7 Å². The third-order valence-corrected chi connectivity index (χ3v) is 4.07. The molecule has 2 aromatic rings. The molecule has 2 rings (SSSR count). The summed E-state index contributed by atoms with van der Waals surface area (Å²) in [4.78, 5) is 4.40. The van der Waals surface area contributed by atoms with Crippen LogP contribution in [0.3, 0.4) is 0 Å². The van der Waals surface area contributed by atoms with Gasteiger partial charge in [-0.3, -0.25) is 0 Å². The van der Waals surface area contributed by atoms with Crippen molar-refractivity contribution in [2.45, 2.75) is 32.3 Å². The largest absolute Gasteiger partial charge is 0.383 e. The average molecular weight is 323 g/mol. The van der Waals surface area contributed by atoms with Crippen molar-refractivity contribution < 1.29 is 4.74 Å². The molecule has 0 fully saturated rings. The molecule has 19 heavy (non-hydrogen) atoms. The number of nitrogens with zero attached hydrogens (tertiary/aromatic N) is 1. The number of hydrogen-bond acceptors (Lipinski definition) is 3. The third kappa shape index (κ3) is 3.45. The lowest BCUT2D eigenvalue weighted by molar-refractivity contribution is 0.0158. The molecule has 0 unspecified atom stereocenters. The molecule has 0 aliphatic rings. The van der Waals surface area contributed by atoms with E-state index in [9.17, 15) is 0 Å². The van der Waals surface area contributed by atoms with Crippen LogP contribution in [0.4, 0.5) is 5.82 Å². The Morgan fingerprint density at radius 1 is 1.32 bits per heavy atom. The van der Waals surface area contributed by atoms with E-state index < -0.39 is 0 Å². The van der Waals surface area contributed by atoms with Crippen LogP contribution in [0.1, 0.15) is 25.8 Å². The molecule has 2 N–H and O–H groups in total. The second-order valence-electron chi connectivity index (χ2n) is 5.35. The fourth-order valence-corrected chi connectivity index (χ4v) is 2.24. The highest BCUT2D eigenvalue weighted by Gasteiger charge is 2.16.